The number of benzene rings is 1. The first-order chi connectivity index (χ1) is 9.04. The molecule has 0 radical (unpaired) electrons. The van der Waals surface area contributed by atoms with E-state index in [-0.39, 0.29) is 5.41 Å². The molecule has 3 nitrogen and oxygen atoms in total. The van der Waals surface area contributed by atoms with Gasteiger partial charge in [0.25, 0.3) is 0 Å². The van der Waals surface area contributed by atoms with Crippen LogP contribution in [0.4, 0.5) is 0 Å². The lowest BCUT2D eigenvalue weighted by atomic mass is 9.87. The maximum atomic E-state index is 5.87. The van der Waals surface area contributed by atoms with E-state index in [0.717, 1.165) is 42.4 Å². The fraction of sp³-hybridized carbons (Fsp3) is 0.438. The van der Waals surface area contributed by atoms with E-state index in [4.69, 9.17) is 4.42 Å². The lowest BCUT2D eigenvalue weighted by Crippen LogP contribution is -2.22. The maximum absolute atomic E-state index is 5.87. The molecule has 0 unspecified atom stereocenters. The number of nitrogens with zero attached hydrogens (tertiary/aromatic N) is 1. The first kappa shape index (κ1) is 12.4. The van der Waals surface area contributed by atoms with E-state index in [2.05, 4.69) is 55.3 Å². The quantitative estimate of drug-likeness (QED) is 0.851. The number of fused-ring (bicyclic) bond motifs is 1. The Hall–Kier alpha value is -1.61. The number of aromatic nitrogens is 1. The van der Waals surface area contributed by atoms with Crippen LogP contribution in [-0.2, 0) is 18.4 Å². The van der Waals surface area contributed by atoms with Crippen LogP contribution in [0.2, 0.25) is 0 Å². The Morgan fingerprint density at radius 3 is 2.53 bits per heavy atom. The molecule has 0 atom stereocenters. The van der Waals surface area contributed by atoms with E-state index in [1.807, 2.05) is 0 Å². The summed E-state index contributed by atoms with van der Waals surface area (Å²) >= 11 is 0. The summed E-state index contributed by atoms with van der Waals surface area (Å²) in [6.45, 7) is 8.45. The van der Waals surface area contributed by atoms with Gasteiger partial charge in [0.2, 0.25) is 5.89 Å². The van der Waals surface area contributed by atoms with E-state index < -0.39 is 0 Å². The van der Waals surface area contributed by atoms with E-state index in [0.29, 0.717) is 0 Å². The van der Waals surface area contributed by atoms with Crippen molar-refractivity contribution in [3.63, 3.8) is 0 Å². The van der Waals surface area contributed by atoms with Crippen molar-refractivity contribution in [2.75, 3.05) is 6.54 Å². The number of rotatable bonds is 1. The third-order valence-electron chi connectivity index (χ3n) is 3.60. The summed E-state index contributed by atoms with van der Waals surface area (Å²) in [5, 5.41) is 3.31. The highest BCUT2D eigenvalue weighted by Gasteiger charge is 2.18. The van der Waals surface area contributed by atoms with E-state index in [1.165, 1.54) is 5.56 Å². The van der Waals surface area contributed by atoms with Crippen LogP contribution < -0.4 is 5.32 Å². The van der Waals surface area contributed by atoms with Gasteiger partial charge in [0.1, 0.15) is 5.76 Å². The third kappa shape index (κ3) is 2.43. The molecule has 2 heterocycles. The first-order valence-electron chi connectivity index (χ1n) is 6.84. The molecule has 1 aliphatic rings. The molecule has 1 N–H and O–H groups in total. The zero-order chi connectivity index (χ0) is 13.5. The number of hydrogen-bond acceptors (Lipinski definition) is 3. The Bertz CT molecular complexity index is 552. The van der Waals surface area contributed by atoms with Crippen molar-refractivity contribution >= 4 is 0 Å². The average Bonchev–Trinajstić information content (AvgIpc) is 2.81. The summed E-state index contributed by atoms with van der Waals surface area (Å²) in [5.74, 6) is 1.78. The van der Waals surface area contributed by atoms with Crippen LogP contribution >= 0.6 is 0 Å². The minimum absolute atomic E-state index is 0.179. The Morgan fingerprint density at radius 1 is 1.16 bits per heavy atom. The van der Waals surface area contributed by atoms with Crippen molar-refractivity contribution in [1.82, 2.24) is 10.3 Å². The van der Waals surface area contributed by atoms with Crippen LogP contribution in [0.15, 0.2) is 28.7 Å². The second-order valence-corrected chi connectivity index (χ2v) is 6.14. The topological polar surface area (TPSA) is 38.1 Å². The first-order valence-corrected chi connectivity index (χ1v) is 6.84. The summed E-state index contributed by atoms with van der Waals surface area (Å²) in [5.41, 5.74) is 3.62. The van der Waals surface area contributed by atoms with Gasteiger partial charge in [-0.15, -0.1) is 0 Å². The Kier molecular flexibility index (Phi) is 2.94. The van der Waals surface area contributed by atoms with Gasteiger partial charge in [-0.25, -0.2) is 4.98 Å². The average molecular weight is 256 g/mol. The van der Waals surface area contributed by atoms with Crippen molar-refractivity contribution in [3.05, 3.63) is 41.3 Å². The molecule has 0 spiro atoms. The second kappa shape index (κ2) is 4.49. The second-order valence-electron chi connectivity index (χ2n) is 6.14. The fourth-order valence-corrected chi connectivity index (χ4v) is 2.36. The Morgan fingerprint density at radius 2 is 1.89 bits per heavy atom. The zero-order valence-electron chi connectivity index (χ0n) is 11.8. The molecule has 0 aliphatic carbocycles. The van der Waals surface area contributed by atoms with E-state index >= 15 is 0 Å². The Labute approximate surface area is 114 Å². The van der Waals surface area contributed by atoms with Gasteiger partial charge < -0.3 is 9.73 Å². The van der Waals surface area contributed by atoms with Crippen molar-refractivity contribution in [2.45, 2.75) is 39.2 Å². The largest absolute Gasteiger partial charge is 0.441 e. The smallest absolute Gasteiger partial charge is 0.226 e. The minimum atomic E-state index is 0.179. The summed E-state index contributed by atoms with van der Waals surface area (Å²) < 4.78 is 5.87. The predicted molar refractivity (Wildman–Crippen MR) is 76.0 cm³/mol. The van der Waals surface area contributed by atoms with Crippen LogP contribution in [0.5, 0.6) is 0 Å². The molecule has 0 saturated carbocycles. The minimum Gasteiger partial charge on any atom is -0.441 e. The lowest BCUT2D eigenvalue weighted by molar-refractivity contribution is 0.483. The van der Waals surface area contributed by atoms with Gasteiger partial charge in [0.05, 0.1) is 5.69 Å². The number of hydrogen-bond donors (Lipinski definition) is 1. The maximum Gasteiger partial charge on any atom is 0.226 e. The van der Waals surface area contributed by atoms with Gasteiger partial charge in [0.15, 0.2) is 0 Å². The molecular formula is C16H20N2O. The lowest BCUT2D eigenvalue weighted by Gasteiger charge is -2.18. The SMILES string of the molecule is CC(C)(C)c1ccc(-c2nc3c(o2)CCNC3)cc1. The van der Waals surface area contributed by atoms with Crippen LogP contribution in [-0.4, -0.2) is 11.5 Å². The molecule has 1 aromatic carbocycles. The summed E-state index contributed by atoms with van der Waals surface area (Å²) in [6.07, 6.45) is 0.933. The van der Waals surface area contributed by atoms with Crippen LogP contribution in [0, 0.1) is 0 Å². The summed E-state index contributed by atoms with van der Waals surface area (Å²) in [6, 6.07) is 8.53. The fourth-order valence-electron chi connectivity index (χ4n) is 2.36. The van der Waals surface area contributed by atoms with E-state index in [9.17, 15) is 0 Å². The van der Waals surface area contributed by atoms with Crippen molar-refractivity contribution in [2.24, 2.45) is 0 Å². The van der Waals surface area contributed by atoms with Crippen molar-refractivity contribution in [1.29, 1.82) is 0 Å². The van der Waals surface area contributed by atoms with Gasteiger partial charge in [-0.1, -0.05) is 32.9 Å². The molecule has 1 aromatic heterocycles. The molecule has 100 valence electrons. The highest BCUT2D eigenvalue weighted by Crippen LogP contribution is 2.27. The number of oxazole rings is 1. The molecule has 19 heavy (non-hydrogen) atoms. The van der Waals surface area contributed by atoms with Crippen molar-refractivity contribution < 1.29 is 4.42 Å². The molecule has 3 rings (SSSR count). The van der Waals surface area contributed by atoms with Gasteiger partial charge in [0, 0.05) is 25.1 Å². The highest BCUT2D eigenvalue weighted by molar-refractivity contribution is 5.55. The monoisotopic (exact) mass is 256 g/mol. The Balaban J connectivity index is 1.92. The molecule has 0 bridgehead atoms. The van der Waals surface area contributed by atoms with Crippen LogP contribution in [0.3, 0.4) is 0 Å². The standard InChI is InChI=1S/C16H20N2O/c1-16(2,3)12-6-4-11(5-7-12)15-18-13-10-17-9-8-14(13)19-15/h4-7,17H,8-10H2,1-3H3. The van der Waals surface area contributed by atoms with Gasteiger partial charge in [-0.05, 0) is 23.1 Å². The predicted octanol–water partition coefficient (Wildman–Crippen LogP) is 3.28. The van der Waals surface area contributed by atoms with Crippen LogP contribution in [0.1, 0.15) is 37.8 Å². The molecular weight excluding hydrogens is 236 g/mol. The molecule has 0 fully saturated rings. The molecule has 3 heteroatoms. The zero-order valence-corrected chi connectivity index (χ0v) is 11.8. The third-order valence-corrected chi connectivity index (χ3v) is 3.60. The van der Waals surface area contributed by atoms with Gasteiger partial charge >= 0.3 is 0 Å². The van der Waals surface area contributed by atoms with E-state index in [1.54, 1.807) is 0 Å². The number of nitrogens with one attached hydrogen (secondary N) is 1. The highest BCUT2D eigenvalue weighted by atomic mass is 16.4. The van der Waals surface area contributed by atoms with Gasteiger partial charge in [-0.2, -0.15) is 0 Å². The molecule has 0 amide bonds. The van der Waals surface area contributed by atoms with Gasteiger partial charge in [-0.3, -0.25) is 0 Å². The molecule has 1 aliphatic heterocycles. The molecule has 0 saturated heterocycles. The normalized spacial score (nSPS) is 15.3. The molecule has 2 aromatic rings. The summed E-state index contributed by atoms with van der Waals surface area (Å²) in [4.78, 5) is 4.58. The van der Waals surface area contributed by atoms with Crippen LogP contribution in [0.25, 0.3) is 11.5 Å². The summed E-state index contributed by atoms with van der Waals surface area (Å²) in [7, 11) is 0. The van der Waals surface area contributed by atoms with Crippen molar-refractivity contribution in [3.8, 4) is 11.5 Å².